The van der Waals surface area contributed by atoms with Crippen LogP contribution >= 0.6 is 0 Å². The van der Waals surface area contributed by atoms with Crippen molar-refractivity contribution >= 4 is 6.29 Å². The lowest BCUT2D eigenvalue weighted by Crippen LogP contribution is -2.46. The molecule has 0 saturated heterocycles. The monoisotopic (exact) mass is 517 g/mol. The summed E-state index contributed by atoms with van der Waals surface area (Å²) in [7, 11) is 8.41. The standard InChI is InChI=1S/C28H43N3O6/c1-21(20-32)7-11-31(19-23-15-26(36-5)18-27(16-23)37-6)12-9-29-28(33)30(2)10-8-22-13-24(34-3)17-25(14-22)35-4/h13-18,20-21,28-29,33H,7-12,19H2,1-6H3. The van der Waals surface area contributed by atoms with Crippen LogP contribution in [0.1, 0.15) is 24.5 Å². The summed E-state index contributed by atoms with van der Waals surface area (Å²) >= 11 is 0. The first kappa shape index (κ1) is 30.4. The molecule has 0 bridgehead atoms. The lowest BCUT2D eigenvalue weighted by atomic mass is 10.1. The van der Waals surface area contributed by atoms with Crippen molar-refractivity contribution in [2.45, 2.75) is 32.7 Å². The van der Waals surface area contributed by atoms with E-state index in [1.807, 2.05) is 55.3 Å². The number of aldehydes is 1. The van der Waals surface area contributed by atoms with Crippen molar-refractivity contribution in [2.24, 2.45) is 5.92 Å². The zero-order valence-corrected chi connectivity index (χ0v) is 23.0. The number of ether oxygens (including phenoxy) is 4. The summed E-state index contributed by atoms with van der Waals surface area (Å²) in [6, 6.07) is 11.6. The van der Waals surface area contributed by atoms with Crippen molar-refractivity contribution in [3.8, 4) is 23.0 Å². The van der Waals surface area contributed by atoms with Crippen LogP contribution in [0.15, 0.2) is 36.4 Å². The van der Waals surface area contributed by atoms with E-state index in [1.165, 1.54) is 0 Å². The SMILES string of the molecule is COc1cc(CCN(C)C(O)NCCN(CCC(C)C=O)Cc2cc(OC)cc(OC)c2)cc(OC)c1. The maximum absolute atomic E-state index is 11.1. The fourth-order valence-corrected chi connectivity index (χ4v) is 3.89. The minimum Gasteiger partial charge on any atom is -0.497 e. The summed E-state index contributed by atoms with van der Waals surface area (Å²) in [5, 5.41) is 13.9. The molecule has 0 saturated carbocycles. The smallest absolute Gasteiger partial charge is 0.162 e. The molecule has 2 unspecified atom stereocenters. The minimum atomic E-state index is -0.792. The van der Waals surface area contributed by atoms with E-state index in [2.05, 4.69) is 10.2 Å². The molecule has 0 heterocycles. The number of nitrogens with one attached hydrogen (secondary N) is 1. The second kappa shape index (κ2) is 16.1. The normalized spacial score (nSPS) is 12.9. The van der Waals surface area contributed by atoms with Crippen molar-refractivity contribution < 1.29 is 28.8 Å². The first-order chi connectivity index (χ1) is 17.8. The van der Waals surface area contributed by atoms with Gasteiger partial charge >= 0.3 is 0 Å². The number of nitrogens with zero attached hydrogens (tertiary/aromatic N) is 2. The summed E-state index contributed by atoms with van der Waals surface area (Å²) in [5.41, 5.74) is 2.13. The van der Waals surface area contributed by atoms with E-state index in [4.69, 9.17) is 18.9 Å². The van der Waals surface area contributed by atoms with Crippen LogP contribution in [0.4, 0.5) is 0 Å². The van der Waals surface area contributed by atoms with Crippen LogP contribution in [0.5, 0.6) is 23.0 Å². The number of benzene rings is 2. The van der Waals surface area contributed by atoms with Crippen LogP contribution < -0.4 is 24.3 Å². The van der Waals surface area contributed by atoms with Gasteiger partial charge in [0.15, 0.2) is 6.35 Å². The van der Waals surface area contributed by atoms with Gasteiger partial charge < -0.3 is 28.8 Å². The molecule has 0 spiro atoms. The predicted octanol–water partition coefficient (Wildman–Crippen LogP) is 2.79. The van der Waals surface area contributed by atoms with Crippen LogP contribution in [-0.2, 0) is 17.8 Å². The van der Waals surface area contributed by atoms with Crippen LogP contribution in [0, 0.1) is 5.92 Å². The molecule has 9 heteroatoms. The zero-order valence-electron chi connectivity index (χ0n) is 23.0. The molecule has 9 nitrogen and oxygen atoms in total. The van der Waals surface area contributed by atoms with Crippen LogP contribution in [0.2, 0.25) is 0 Å². The molecular formula is C28H43N3O6. The summed E-state index contributed by atoms with van der Waals surface area (Å²) in [6.07, 6.45) is 1.69. The molecule has 0 aliphatic heterocycles. The molecule has 2 aromatic carbocycles. The van der Waals surface area contributed by atoms with Gasteiger partial charge in [0, 0.05) is 44.2 Å². The van der Waals surface area contributed by atoms with Crippen molar-refractivity contribution in [1.82, 2.24) is 15.1 Å². The van der Waals surface area contributed by atoms with Crippen LogP contribution in [0.25, 0.3) is 0 Å². The number of carbonyl (C=O) groups excluding carboxylic acids is 1. The van der Waals surface area contributed by atoms with E-state index >= 15 is 0 Å². The fraction of sp³-hybridized carbons (Fsp3) is 0.536. The van der Waals surface area contributed by atoms with Gasteiger partial charge in [-0.2, -0.15) is 0 Å². The number of hydrogen-bond acceptors (Lipinski definition) is 9. The van der Waals surface area contributed by atoms with Crippen molar-refractivity contribution in [3.63, 3.8) is 0 Å². The Hall–Kier alpha value is -2.85. The highest BCUT2D eigenvalue weighted by atomic mass is 16.5. The number of hydrogen-bond donors (Lipinski definition) is 2. The molecule has 2 rings (SSSR count). The Balaban J connectivity index is 1.92. The second-order valence-electron chi connectivity index (χ2n) is 9.18. The van der Waals surface area contributed by atoms with Crippen molar-refractivity contribution in [3.05, 3.63) is 47.5 Å². The number of likely N-dealkylation sites (N-methyl/N-ethyl adjacent to an activating group) is 1. The van der Waals surface area contributed by atoms with Gasteiger partial charge in [-0.3, -0.25) is 15.1 Å². The van der Waals surface area contributed by atoms with Gasteiger partial charge in [-0.1, -0.05) is 6.92 Å². The number of methoxy groups -OCH3 is 4. The largest absolute Gasteiger partial charge is 0.497 e. The molecule has 2 aromatic rings. The van der Waals surface area contributed by atoms with E-state index < -0.39 is 6.35 Å². The average molecular weight is 518 g/mol. The molecule has 0 aromatic heterocycles. The Morgan fingerprint density at radius 3 is 1.84 bits per heavy atom. The lowest BCUT2D eigenvalue weighted by molar-refractivity contribution is -0.110. The Morgan fingerprint density at radius 2 is 1.35 bits per heavy atom. The van der Waals surface area contributed by atoms with Crippen LogP contribution in [0.3, 0.4) is 0 Å². The Morgan fingerprint density at radius 1 is 0.838 bits per heavy atom. The van der Waals surface area contributed by atoms with Gasteiger partial charge in [0.05, 0.1) is 28.4 Å². The number of aliphatic hydroxyl groups is 1. The third-order valence-electron chi connectivity index (χ3n) is 6.29. The van der Waals surface area contributed by atoms with Gasteiger partial charge in [0.1, 0.15) is 29.3 Å². The Labute approximate surface area is 221 Å². The fourth-order valence-electron chi connectivity index (χ4n) is 3.89. The summed E-state index contributed by atoms with van der Waals surface area (Å²) in [4.78, 5) is 15.3. The quantitative estimate of drug-likeness (QED) is 0.229. The molecule has 2 N–H and O–H groups in total. The molecule has 0 fully saturated rings. The Kier molecular flexibility index (Phi) is 13.2. The number of carbonyl (C=O) groups is 1. The molecule has 0 aliphatic carbocycles. The lowest BCUT2D eigenvalue weighted by Gasteiger charge is -2.27. The predicted molar refractivity (Wildman–Crippen MR) is 145 cm³/mol. The molecule has 37 heavy (non-hydrogen) atoms. The summed E-state index contributed by atoms with van der Waals surface area (Å²) in [6.45, 7) is 5.27. The van der Waals surface area contributed by atoms with E-state index in [1.54, 1.807) is 28.4 Å². The molecule has 0 amide bonds. The maximum Gasteiger partial charge on any atom is 0.162 e. The highest BCUT2D eigenvalue weighted by molar-refractivity contribution is 5.52. The zero-order chi connectivity index (χ0) is 27.2. The van der Waals surface area contributed by atoms with Crippen molar-refractivity contribution in [1.29, 1.82) is 0 Å². The van der Waals surface area contributed by atoms with E-state index in [-0.39, 0.29) is 5.92 Å². The number of aliphatic hydroxyl groups excluding tert-OH is 1. The highest BCUT2D eigenvalue weighted by Crippen LogP contribution is 2.24. The van der Waals surface area contributed by atoms with E-state index in [0.29, 0.717) is 26.2 Å². The van der Waals surface area contributed by atoms with Crippen LogP contribution in [-0.4, -0.2) is 89.2 Å². The Bertz CT molecular complexity index is 913. The van der Waals surface area contributed by atoms with E-state index in [0.717, 1.165) is 59.8 Å². The minimum absolute atomic E-state index is 0.0118. The third kappa shape index (κ3) is 10.6. The van der Waals surface area contributed by atoms with Crippen molar-refractivity contribution in [2.75, 3.05) is 61.7 Å². The van der Waals surface area contributed by atoms with Gasteiger partial charge in [-0.25, -0.2) is 0 Å². The highest BCUT2D eigenvalue weighted by Gasteiger charge is 2.14. The second-order valence-corrected chi connectivity index (χ2v) is 9.18. The maximum atomic E-state index is 11.1. The molecule has 0 aliphatic rings. The first-order valence-corrected chi connectivity index (χ1v) is 12.5. The van der Waals surface area contributed by atoms with Gasteiger partial charge in [-0.05, 0) is 61.8 Å². The third-order valence-corrected chi connectivity index (χ3v) is 6.29. The van der Waals surface area contributed by atoms with Gasteiger partial charge in [-0.15, -0.1) is 0 Å². The average Bonchev–Trinajstić information content (AvgIpc) is 2.93. The molecule has 0 radical (unpaired) electrons. The van der Waals surface area contributed by atoms with Gasteiger partial charge in [0.2, 0.25) is 0 Å². The summed E-state index contributed by atoms with van der Waals surface area (Å²) in [5.74, 6) is 2.95. The molecule has 206 valence electrons. The molecule has 2 atom stereocenters. The summed E-state index contributed by atoms with van der Waals surface area (Å²) < 4.78 is 21.5. The molecular weight excluding hydrogens is 474 g/mol. The van der Waals surface area contributed by atoms with Gasteiger partial charge in [0.25, 0.3) is 0 Å². The topological polar surface area (TPSA) is 92.7 Å². The first-order valence-electron chi connectivity index (χ1n) is 12.5. The number of rotatable bonds is 18. The van der Waals surface area contributed by atoms with E-state index in [9.17, 15) is 9.90 Å².